The van der Waals surface area contributed by atoms with Gasteiger partial charge in [-0.2, -0.15) is 0 Å². The fraction of sp³-hybridized carbons (Fsp3) is 0.727. The van der Waals surface area contributed by atoms with E-state index < -0.39 is 6.10 Å². The zero-order valence-electron chi connectivity index (χ0n) is 39.9. The zero-order chi connectivity index (χ0) is 44.4. The maximum absolute atomic E-state index is 12.8. The summed E-state index contributed by atoms with van der Waals surface area (Å²) in [4.78, 5) is 37.8. The number of carbonyl (C=O) groups excluding carboxylic acids is 3. The summed E-state index contributed by atoms with van der Waals surface area (Å²) < 4.78 is 16.7. The Balaban J connectivity index is 4.40. The van der Waals surface area contributed by atoms with E-state index in [1.807, 2.05) is 0 Å². The molecule has 0 N–H and O–H groups in total. The number of hydrogen-bond acceptors (Lipinski definition) is 6. The van der Waals surface area contributed by atoms with Gasteiger partial charge in [0.05, 0.1) is 0 Å². The Morgan fingerprint density at radius 3 is 1.10 bits per heavy atom. The molecule has 6 heteroatoms. The minimum atomic E-state index is -0.796. The number of allylic oxidation sites excluding steroid dienone is 12. The van der Waals surface area contributed by atoms with Gasteiger partial charge in [0.15, 0.2) is 6.10 Å². The van der Waals surface area contributed by atoms with Gasteiger partial charge in [-0.05, 0) is 83.5 Å². The van der Waals surface area contributed by atoms with Crippen molar-refractivity contribution in [3.05, 3.63) is 72.9 Å². The van der Waals surface area contributed by atoms with Crippen LogP contribution in [0.1, 0.15) is 239 Å². The van der Waals surface area contributed by atoms with Crippen molar-refractivity contribution in [1.82, 2.24) is 0 Å². The smallest absolute Gasteiger partial charge is 0.306 e. The van der Waals surface area contributed by atoms with Gasteiger partial charge in [0.1, 0.15) is 13.2 Å². The minimum absolute atomic E-state index is 0.0997. The second kappa shape index (κ2) is 49.5. The van der Waals surface area contributed by atoms with Gasteiger partial charge in [-0.1, -0.05) is 209 Å². The van der Waals surface area contributed by atoms with Crippen LogP contribution in [0.4, 0.5) is 0 Å². The number of unbranched alkanes of at least 4 members (excludes halogenated alkanes) is 22. The molecule has 0 fully saturated rings. The van der Waals surface area contributed by atoms with E-state index in [0.717, 1.165) is 89.9 Å². The van der Waals surface area contributed by atoms with E-state index >= 15 is 0 Å². The molecule has 0 aliphatic heterocycles. The van der Waals surface area contributed by atoms with Crippen LogP contribution in [-0.4, -0.2) is 37.2 Å². The number of esters is 3. The molecule has 0 radical (unpaired) electrons. The molecule has 6 nitrogen and oxygen atoms in total. The van der Waals surface area contributed by atoms with Crippen molar-refractivity contribution in [2.24, 2.45) is 0 Å². The van der Waals surface area contributed by atoms with Crippen molar-refractivity contribution < 1.29 is 28.6 Å². The normalized spacial score (nSPS) is 12.6. The monoisotopic (exact) mass is 851 g/mol. The first kappa shape index (κ1) is 57.9. The molecule has 1 unspecified atom stereocenters. The average molecular weight is 851 g/mol. The lowest BCUT2D eigenvalue weighted by Crippen LogP contribution is -2.30. The first-order chi connectivity index (χ1) is 30.0. The zero-order valence-corrected chi connectivity index (χ0v) is 39.9. The SMILES string of the molecule is CC/C=C\C/C=C\C/C=C\C/C=C\C/C=C\CCCCCC(=O)OCC(COC(=O)CCC/C=C\CCCCCC)OC(=O)CCCCCCCCCCCCCCCCC. The van der Waals surface area contributed by atoms with E-state index in [4.69, 9.17) is 14.2 Å². The van der Waals surface area contributed by atoms with Crippen LogP contribution in [0, 0.1) is 0 Å². The molecule has 0 bridgehead atoms. The van der Waals surface area contributed by atoms with Gasteiger partial charge in [-0.15, -0.1) is 0 Å². The van der Waals surface area contributed by atoms with Gasteiger partial charge < -0.3 is 14.2 Å². The van der Waals surface area contributed by atoms with Crippen molar-refractivity contribution in [1.29, 1.82) is 0 Å². The third-order valence-corrected chi connectivity index (χ3v) is 10.7. The van der Waals surface area contributed by atoms with E-state index in [-0.39, 0.29) is 31.1 Å². The van der Waals surface area contributed by atoms with Crippen molar-refractivity contribution in [2.75, 3.05) is 13.2 Å². The third-order valence-electron chi connectivity index (χ3n) is 10.7. The maximum atomic E-state index is 12.8. The van der Waals surface area contributed by atoms with Crippen LogP contribution in [0.25, 0.3) is 0 Å². The molecule has 0 aromatic heterocycles. The second-order valence-electron chi connectivity index (χ2n) is 16.7. The molecule has 0 spiro atoms. The highest BCUT2D eigenvalue weighted by Crippen LogP contribution is 2.15. The fourth-order valence-electron chi connectivity index (χ4n) is 6.88. The highest BCUT2D eigenvalue weighted by atomic mass is 16.6. The van der Waals surface area contributed by atoms with E-state index in [9.17, 15) is 14.4 Å². The molecule has 0 heterocycles. The Kier molecular flexibility index (Phi) is 46.9. The standard InChI is InChI=1S/C55H94O6/c1-4-7-10-13-16-19-21-23-25-26-27-28-30-31-33-36-39-42-45-48-54(57)60-51-52(50-59-53(56)47-44-41-38-35-18-15-12-9-6-3)61-55(58)49-46-43-40-37-34-32-29-24-22-20-17-14-11-8-5-2/h7,10,16,19,23,25,27-28,31,33,35,38,52H,4-6,8-9,11-15,17-18,20-22,24,26,29-30,32,34,36-37,39-51H2,1-3H3/b10-7-,19-16-,25-23-,28-27-,33-31-,38-35-. The number of carbonyl (C=O) groups is 3. The quantitative estimate of drug-likeness (QED) is 0.0263. The van der Waals surface area contributed by atoms with Gasteiger partial charge in [0.2, 0.25) is 0 Å². The molecule has 350 valence electrons. The summed E-state index contributed by atoms with van der Waals surface area (Å²) in [6.07, 6.45) is 61.8. The van der Waals surface area contributed by atoms with Crippen molar-refractivity contribution in [3.63, 3.8) is 0 Å². The summed E-state index contributed by atoms with van der Waals surface area (Å²) in [5.74, 6) is -0.962. The van der Waals surface area contributed by atoms with E-state index in [1.54, 1.807) is 0 Å². The Labute approximate surface area is 376 Å². The van der Waals surface area contributed by atoms with Gasteiger partial charge in [0.25, 0.3) is 0 Å². The molecule has 61 heavy (non-hydrogen) atoms. The van der Waals surface area contributed by atoms with Crippen molar-refractivity contribution >= 4 is 17.9 Å². The summed E-state index contributed by atoms with van der Waals surface area (Å²) in [7, 11) is 0. The lowest BCUT2D eigenvalue weighted by molar-refractivity contribution is -0.167. The molecule has 0 amide bonds. The molecule has 0 aliphatic rings. The summed E-state index contributed by atoms with van der Waals surface area (Å²) >= 11 is 0. The summed E-state index contributed by atoms with van der Waals surface area (Å²) in [6.45, 7) is 6.44. The lowest BCUT2D eigenvalue weighted by Gasteiger charge is -2.18. The maximum Gasteiger partial charge on any atom is 0.306 e. The molecule has 0 aliphatic carbocycles. The molecule has 0 rings (SSSR count). The molecule has 0 aromatic carbocycles. The fourth-order valence-corrected chi connectivity index (χ4v) is 6.88. The van der Waals surface area contributed by atoms with Crippen LogP contribution in [-0.2, 0) is 28.6 Å². The third kappa shape index (κ3) is 47.7. The van der Waals surface area contributed by atoms with Gasteiger partial charge in [-0.25, -0.2) is 0 Å². The van der Waals surface area contributed by atoms with Crippen molar-refractivity contribution in [3.8, 4) is 0 Å². The van der Waals surface area contributed by atoms with Crippen LogP contribution in [0.5, 0.6) is 0 Å². The van der Waals surface area contributed by atoms with Gasteiger partial charge >= 0.3 is 17.9 Å². The Hall–Kier alpha value is -3.15. The summed E-state index contributed by atoms with van der Waals surface area (Å²) in [5, 5.41) is 0. The highest BCUT2D eigenvalue weighted by molar-refractivity contribution is 5.71. The number of rotatable bonds is 45. The number of hydrogen-bond donors (Lipinski definition) is 0. The average Bonchev–Trinajstić information content (AvgIpc) is 3.26. The van der Waals surface area contributed by atoms with Crippen LogP contribution in [0.3, 0.4) is 0 Å². The highest BCUT2D eigenvalue weighted by Gasteiger charge is 2.19. The topological polar surface area (TPSA) is 78.9 Å². The Morgan fingerprint density at radius 2 is 0.656 bits per heavy atom. The largest absolute Gasteiger partial charge is 0.462 e. The summed E-state index contributed by atoms with van der Waals surface area (Å²) in [6, 6.07) is 0. The Morgan fingerprint density at radius 1 is 0.344 bits per heavy atom. The first-order valence-electron chi connectivity index (χ1n) is 25.4. The van der Waals surface area contributed by atoms with Gasteiger partial charge in [-0.3, -0.25) is 14.4 Å². The molecular formula is C55H94O6. The minimum Gasteiger partial charge on any atom is -0.462 e. The molecule has 0 saturated heterocycles. The molecule has 0 aromatic rings. The lowest BCUT2D eigenvalue weighted by atomic mass is 10.0. The van der Waals surface area contributed by atoms with Crippen LogP contribution >= 0.6 is 0 Å². The molecule has 0 saturated carbocycles. The van der Waals surface area contributed by atoms with Crippen molar-refractivity contribution in [2.45, 2.75) is 245 Å². The van der Waals surface area contributed by atoms with E-state index in [0.29, 0.717) is 25.7 Å². The Bertz CT molecular complexity index is 1160. The van der Waals surface area contributed by atoms with Crippen LogP contribution < -0.4 is 0 Å². The summed E-state index contributed by atoms with van der Waals surface area (Å²) in [5.41, 5.74) is 0. The predicted octanol–water partition coefficient (Wildman–Crippen LogP) is 16.6. The van der Waals surface area contributed by atoms with Gasteiger partial charge in [0, 0.05) is 19.3 Å². The first-order valence-corrected chi connectivity index (χ1v) is 25.4. The second-order valence-corrected chi connectivity index (χ2v) is 16.7. The van der Waals surface area contributed by atoms with Crippen LogP contribution in [0.2, 0.25) is 0 Å². The van der Waals surface area contributed by atoms with E-state index in [2.05, 4.69) is 93.7 Å². The molecular weight excluding hydrogens is 757 g/mol. The number of ether oxygens (including phenoxy) is 3. The van der Waals surface area contributed by atoms with Crippen LogP contribution in [0.15, 0.2) is 72.9 Å². The predicted molar refractivity (Wildman–Crippen MR) is 261 cm³/mol. The molecule has 1 atom stereocenters. The van der Waals surface area contributed by atoms with E-state index in [1.165, 1.54) is 103 Å².